The molecule has 2 rings (SSSR count). The van der Waals surface area contributed by atoms with Crippen LogP contribution in [0.15, 0.2) is 42.5 Å². The molecule has 1 atom stereocenters. The molecule has 2 aromatic carbocycles. The van der Waals surface area contributed by atoms with Crippen LogP contribution in [0.3, 0.4) is 0 Å². The summed E-state index contributed by atoms with van der Waals surface area (Å²) in [6.07, 6.45) is 0.191. The summed E-state index contributed by atoms with van der Waals surface area (Å²) >= 11 is 0. The van der Waals surface area contributed by atoms with Crippen molar-refractivity contribution >= 4 is 0 Å². The first-order valence-corrected chi connectivity index (χ1v) is 6.34. The third kappa shape index (κ3) is 3.32. The van der Waals surface area contributed by atoms with Crippen molar-refractivity contribution in [2.75, 3.05) is 0 Å². The van der Waals surface area contributed by atoms with E-state index in [2.05, 4.69) is 6.92 Å². The lowest BCUT2D eigenvalue weighted by molar-refractivity contribution is 0.195. The normalized spacial score (nSPS) is 12.2. The molecule has 0 aliphatic rings. The quantitative estimate of drug-likeness (QED) is 0.891. The van der Waals surface area contributed by atoms with Crippen molar-refractivity contribution in [3.63, 3.8) is 0 Å². The van der Waals surface area contributed by atoms with Crippen LogP contribution in [0.25, 0.3) is 0 Å². The molecule has 0 fully saturated rings. The highest BCUT2D eigenvalue weighted by atomic mass is 19.1. The molecule has 19 heavy (non-hydrogen) atoms. The summed E-state index contributed by atoms with van der Waals surface area (Å²) in [5.74, 6) is 0.760. The minimum Gasteiger partial charge on any atom is -0.457 e. The number of aliphatic hydroxyl groups excluding tert-OH is 1. The largest absolute Gasteiger partial charge is 0.457 e. The van der Waals surface area contributed by atoms with Crippen LogP contribution in [0.2, 0.25) is 0 Å². The maximum atomic E-state index is 13.2. The summed E-state index contributed by atoms with van der Waals surface area (Å²) in [7, 11) is 0. The van der Waals surface area contributed by atoms with Gasteiger partial charge in [-0.25, -0.2) is 4.39 Å². The molecule has 0 aliphatic carbocycles. The summed E-state index contributed by atoms with van der Waals surface area (Å²) in [5, 5.41) is 9.64. The SMILES string of the molecule is CCc1ccc(Oc2ccc(F)cc2C(C)O)cc1. The lowest BCUT2D eigenvalue weighted by Gasteiger charge is -2.13. The highest BCUT2D eigenvalue weighted by molar-refractivity contribution is 5.40. The van der Waals surface area contributed by atoms with E-state index in [9.17, 15) is 9.50 Å². The monoisotopic (exact) mass is 260 g/mol. The minimum atomic E-state index is -0.777. The van der Waals surface area contributed by atoms with Crippen molar-refractivity contribution in [2.45, 2.75) is 26.4 Å². The van der Waals surface area contributed by atoms with E-state index in [0.717, 1.165) is 6.42 Å². The van der Waals surface area contributed by atoms with Gasteiger partial charge in [0, 0.05) is 5.56 Å². The van der Waals surface area contributed by atoms with Gasteiger partial charge in [-0.05, 0) is 49.2 Å². The first kappa shape index (κ1) is 13.6. The summed E-state index contributed by atoms with van der Waals surface area (Å²) < 4.78 is 18.9. The van der Waals surface area contributed by atoms with Gasteiger partial charge in [-0.3, -0.25) is 0 Å². The maximum absolute atomic E-state index is 13.2. The summed E-state index contributed by atoms with van der Waals surface area (Å²) in [5.41, 5.74) is 1.67. The van der Waals surface area contributed by atoms with E-state index in [1.165, 1.54) is 23.8 Å². The van der Waals surface area contributed by atoms with Crippen molar-refractivity contribution in [2.24, 2.45) is 0 Å². The summed E-state index contributed by atoms with van der Waals surface area (Å²) in [4.78, 5) is 0. The number of aryl methyl sites for hydroxylation is 1. The highest BCUT2D eigenvalue weighted by Gasteiger charge is 2.11. The number of hydrogen-bond donors (Lipinski definition) is 1. The van der Waals surface area contributed by atoms with Crippen LogP contribution in [0, 0.1) is 5.82 Å². The molecule has 0 radical (unpaired) electrons. The Labute approximate surface area is 112 Å². The topological polar surface area (TPSA) is 29.5 Å². The average Bonchev–Trinajstić information content (AvgIpc) is 2.41. The smallest absolute Gasteiger partial charge is 0.133 e. The highest BCUT2D eigenvalue weighted by Crippen LogP contribution is 2.30. The molecule has 0 spiro atoms. The van der Waals surface area contributed by atoms with Gasteiger partial charge in [-0.15, -0.1) is 0 Å². The van der Waals surface area contributed by atoms with Crippen molar-refractivity contribution in [3.8, 4) is 11.5 Å². The predicted molar refractivity (Wildman–Crippen MR) is 72.9 cm³/mol. The number of halogens is 1. The van der Waals surface area contributed by atoms with Gasteiger partial charge in [0.15, 0.2) is 0 Å². The second-order valence-corrected chi connectivity index (χ2v) is 4.46. The molecule has 0 aliphatic heterocycles. The summed E-state index contributed by atoms with van der Waals surface area (Å²) in [6.45, 7) is 3.67. The van der Waals surface area contributed by atoms with E-state index < -0.39 is 6.10 Å². The molecule has 100 valence electrons. The zero-order valence-electron chi connectivity index (χ0n) is 11.1. The third-order valence-corrected chi connectivity index (χ3v) is 2.98. The van der Waals surface area contributed by atoms with Gasteiger partial charge >= 0.3 is 0 Å². The van der Waals surface area contributed by atoms with Crippen LogP contribution in [0.5, 0.6) is 11.5 Å². The Kier molecular flexibility index (Phi) is 4.17. The van der Waals surface area contributed by atoms with Crippen LogP contribution in [-0.4, -0.2) is 5.11 Å². The Morgan fingerprint density at radius 3 is 2.42 bits per heavy atom. The lowest BCUT2D eigenvalue weighted by Crippen LogP contribution is -1.97. The standard InChI is InChI=1S/C16H17FO2/c1-3-12-4-7-14(8-5-12)19-16-9-6-13(17)10-15(16)11(2)18/h4-11,18H,3H2,1-2H3. The van der Waals surface area contributed by atoms with Crippen LogP contribution < -0.4 is 4.74 Å². The Balaban J connectivity index is 2.26. The first-order valence-electron chi connectivity index (χ1n) is 6.34. The Bertz CT molecular complexity index is 547. The van der Waals surface area contributed by atoms with Crippen molar-refractivity contribution < 1.29 is 14.2 Å². The average molecular weight is 260 g/mol. The molecular weight excluding hydrogens is 243 g/mol. The second kappa shape index (κ2) is 5.85. The number of rotatable bonds is 4. The predicted octanol–water partition coefficient (Wildman–Crippen LogP) is 4.23. The first-order chi connectivity index (χ1) is 9.10. The Hall–Kier alpha value is -1.87. The van der Waals surface area contributed by atoms with Gasteiger partial charge in [0.25, 0.3) is 0 Å². The van der Waals surface area contributed by atoms with Crippen LogP contribution in [0.1, 0.15) is 31.1 Å². The zero-order valence-corrected chi connectivity index (χ0v) is 11.1. The molecule has 1 N–H and O–H groups in total. The molecule has 3 heteroatoms. The van der Waals surface area contributed by atoms with Gasteiger partial charge in [0.2, 0.25) is 0 Å². The second-order valence-electron chi connectivity index (χ2n) is 4.46. The molecular formula is C16H17FO2. The molecule has 0 heterocycles. The lowest BCUT2D eigenvalue weighted by atomic mass is 10.1. The molecule has 2 nitrogen and oxygen atoms in total. The van der Waals surface area contributed by atoms with Gasteiger partial charge < -0.3 is 9.84 Å². The van der Waals surface area contributed by atoms with Crippen molar-refractivity contribution in [1.29, 1.82) is 0 Å². The van der Waals surface area contributed by atoms with E-state index >= 15 is 0 Å². The van der Waals surface area contributed by atoms with Crippen LogP contribution in [0.4, 0.5) is 4.39 Å². The van der Waals surface area contributed by atoms with Gasteiger partial charge in [-0.1, -0.05) is 19.1 Å². The van der Waals surface area contributed by atoms with E-state index in [1.807, 2.05) is 24.3 Å². The van der Waals surface area contributed by atoms with E-state index in [1.54, 1.807) is 6.92 Å². The van der Waals surface area contributed by atoms with Gasteiger partial charge in [0.05, 0.1) is 6.10 Å². The number of ether oxygens (including phenoxy) is 1. The van der Waals surface area contributed by atoms with Crippen molar-refractivity contribution in [1.82, 2.24) is 0 Å². The molecule has 2 aromatic rings. The number of hydrogen-bond acceptors (Lipinski definition) is 2. The fraction of sp³-hybridized carbons (Fsp3) is 0.250. The number of aliphatic hydroxyl groups is 1. The Morgan fingerprint density at radius 1 is 1.16 bits per heavy atom. The molecule has 0 amide bonds. The van der Waals surface area contributed by atoms with E-state index in [4.69, 9.17) is 4.74 Å². The van der Waals surface area contributed by atoms with Crippen molar-refractivity contribution in [3.05, 3.63) is 59.4 Å². The van der Waals surface area contributed by atoms with Gasteiger partial charge in [-0.2, -0.15) is 0 Å². The molecule has 0 saturated heterocycles. The van der Waals surface area contributed by atoms with E-state index in [-0.39, 0.29) is 5.82 Å². The van der Waals surface area contributed by atoms with Crippen LogP contribution in [-0.2, 0) is 6.42 Å². The van der Waals surface area contributed by atoms with Crippen LogP contribution >= 0.6 is 0 Å². The summed E-state index contributed by atoms with van der Waals surface area (Å²) in [6, 6.07) is 11.9. The van der Waals surface area contributed by atoms with Gasteiger partial charge in [0.1, 0.15) is 17.3 Å². The number of benzene rings is 2. The minimum absolute atomic E-state index is 0.385. The third-order valence-electron chi connectivity index (χ3n) is 2.98. The zero-order chi connectivity index (χ0) is 13.8. The Morgan fingerprint density at radius 2 is 1.84 bits per heavy atom. The molecule has 0 bridgehead atoms. The fourth-order valence-electron chi connectivity index (χ4n) is 1.86. The molecule has 0 saturated carbocycles. The van der Waals surface area contributed by atoms with E-state index in [0.29, 0.717) is 17.1 Å². The molecule has 1 unspecified atom stereocenters. The maximum Gasteiger partial charge on any atom is 0.133 e. The fourth-order valence-corrected chi connectivity index (χ4v) is 1.86. The molecule has 0 aromatic heterocycles.